The molecule has 0 saturated carbocycles. The first kappa shape index (κ1) is 15.8. The average molecular weight is 307 g/mol. The Kier molecular flexibility index (Phi) is 4.00. The SMILES string of the molecule is CN(C)c1cccc2c(S(=O)(=O)OC(C)(C)C)cccc12. The molecule has 0 heterocycles. The maximum atomic E-state index is 12.5. The van der Waals surface area contributed by atoms with Gasteiger partial charge in [-0.2, -0.15) is 8.42 Å². The molecule has 0 aliphatic heterocycles. The van der Waals surface area contributed by atoms with E-state index in [1.54, 1.807) is 39.0 Å². The summed E-state index contributed by atoms with van der Waals surface area (Å²) in [6.45, 7) is 5.17. The van der Waals surface area contributed by atoms with Crippen molar-refractivity contribution in [2.24, 2.45) is 0 Å². The van der Waals surface area contributed by atoms with E-state index >= 15 is 0 Å². The molecule has 0 saturated heterocycles. The van der Waals surface area contributed by atoms with Crippen LogP contribution >= 0.6 is 0 Å². The molecular weight excluding hydrogens is 286 g/mol. The van der Waals surface area contributed by atoms with Crippen molar-refractivity contribution >= 4 is 26.6 Å². The Morgan fingerprint density at radius 2 is 1.52 bits per heavy atom. The van der Waals surface area contributed by atoms with E-state index in [0.717, 1.165) is 11.1 Å². The molecular formula is C16H21NO3S. The van der Waals surface area contributed by atoms with E-state index in [0.29, 0.717) is 5.39 Å². The van der Waals surface area contributed by atoms with Gasteiger partial charge in [-0.25, -0.2) is 0 Å². The molecule has 2 aromatic carbocycles. The minimum Gasteiger partial charge on any atom is -0.377 e. The highest BCUT2D eigenvalue weighted by atomic mass is 32.2. The van der Waals surface area contributed by atoms with Crippen LogP contribution in [0.5, 0.6) is 0 Å². The van der Waals surface area contributed by atoms with Gasteiger partial charge in [-0.05, 0) is 32.9 Å². The molecule has 21 heavy (non-hydrogen) atoms. The monoisotopic (exact) mass is 307 g/mol. The maximum Gasteiger partial charge on any atom is 0.298 e. The topological polar surface area (TPSA) is 46.6 Å². The first-order valence-corrected chi connectivity index (χ1v) is 8.17. The molecule has 0 bridgehead atoms. The number of hydrogen-bond acceptors (Lipinski definition) is 4. The Morgan fingerprint density at radius 1 is 0.952 bits per heavy atom. The fraction of sp³-hybridized carbons (Fsp3) is 0.375. The van der Waals surface area contributed by atoms with Crippen molar-refractivity contribution < 1.29 is 12.6 Å². The first-order valence-electron chi connectivity index (χ1n) is 6.76. The second kappa shape index (κ2) is 5.31. The molecule has 0 atom stereocenters. The second-order valence-electron chi connectivity index (χ2n) is 6.17. The van der Waals surface area contributed by atoms with Gasteiger partial charge in [-0.15, -0.1) is 0 Å². The highest BCUT2D eigenvalue weighted by Gasteiger charge is 2.25. The van der Waals surface area contributed by atoms with Crippen molar-refractivity contribution in [3.8, 4) is 0 Å². The third kappa shape index (κ3) is 3.36. The summed E-state index contributed by atoms with van der Waals surface area (Å²) >= 11 is 0. The Balaban J connectivity index is 2.69. The van der Waals surface area contributed by atoms with E-state index in [1.165, 1.54) is 0 Å². The minimum absolute atomic E-state index is 0.207. The summed E-state index contributed by atoms with van der Waals surface area (Å²) in [5.74, 6) is 0. The minimum atomic E-state index is -3.81. The van der Waals surface area contributed by atoms with Crippen LogP contribution in [0.15, 0.2) is 41.3 Å². The number of fused-ring (bicyclic) bond motifs is 1. The summed E-state index contributed by atoms with van der Waals surface area (Å²) in [5, 5.41) is 1.56. The standard InChI is InChI=1S/C16H21NO3S/c1-16(2,3)20-21(18,19)15-11-7-8-12-13(15)9-6-10-14(12)17(4)5/h6-11H,1-5H3. The van der Waals surface area contributed by atoms with E-state index < -0.39 is 15.7 Å². The maximum absolute atomic E-state index is 12.5. The van der Waals surface area contributed by atoms with Gasteiger partial charge < -0.3 is 4.90 Å². The lowest BCUT2D eigenvalue weighted by atomic mass is 10.1. The molecule has 2 rings (SSSR count). The van der Waals surface area contributed by atoms with Crippen molar-refractivity contribution in [3.63, 3.8) is 0 Å². The van der Waals surface area contributed by atoms with Gasteiger partial charge in [0, 0.05) is 30.6 Å². The lowest BCUT2D eigenvalue weighted by Gasteiger charge is -2.20. The van der Waals surface area contributed by atoms with Crippen LogP contribution in [0.2, 0.25) is 0 Å². The summed E-state index contributed by atoms with van der Waals surface area (Å²) < 4.78 is 30.3. The van der Waals surface area contributed by atoms with E-state index in [9.17, 15) is 8.42 Å². The van der Waals surface area contributed by atoms with E-state index in [4.69, 9.17) is 4.18 Å². The Bertz CT molecular complexity index is 759. The Hall–Kier alpha value is -1.59. The van der Waals surface area contributed by atoms with E-state index in [-0.39, 0.29) is 4.90 Å². The summed E-state index contributed by atoms with van der Waals surface area (Å²) in [7, 11) is 0.0587. The molecule has 0 fully saturated rings. The van der Waals surface area contributed by atoms with Crippen molar-refractivity contribution in [3.05, 3.63) is 36.4 Å². The van der Waals surface area contributed by atoms with Crippen LogP contribution in [0, 0.1) is 0 Å². The van der Waals surface area contributed by atoms with Crippen LogP contribution in [0.25, 0.3) is 10.8 Å². The lowest BCUT2D eigenvalue weighted by Crippen LogP contribution is -2.24. The third-order valence-corrected chi connectivity index (χ3v) is 4.58. The Labute approximate surface area is 126 Å². The fourth-order valence-electron chi connectivity index (χ4n) is 2.25. The first-order chi connectivity index (χ1) is 9.62. The molecule has 4 nitrogen and oxygen atoms in total. The zero-order chi connectivity index (χ0) is 15.8. The van der Waals surface area contributed by atoms with Crippen LogP contribution in [-0.2, 0) is 14.3 Å². The van der Waals surface area contributed by atoms with Gasteiger partial charge in [0.05, 0.1) is 5.60 Å². The van der Waals surface area contributed by atoms with E-state index in [2.05, 4.69) is 0 Å². The average Bonchev–Trinajstić information content (AvgIpc) is 2.34. The zero-order valence-electron chi connectivity index (χ0n) is 13.0. The molecule has 114 valence electrons. The fourth-order valence-corrected chi connectivity index (χ4v) is 3.69. The second-order valence-corrected chi connectivity index (χ2v) is 7.69. The molecule has 0 amide bonds. The molecule has 0 aliphatic carbocycles. The predicted molar refractivity (Wildman–Crippen MR) is 86.3 cm³/mol. The quantitative estimate of drug-likeness (QED) is 0.815. The lowest BCUT2D eigenvalue weighted by molar-refractivity contribution is 0.140. The molecule has 0 aliphatic rings. The van der Waals surface area contributed by atoms with Crippen LogP contribution in [0.3, 0.4) is 0 Å². The normalized spacial score (nSPS) is 12.6. The van der Waals surface area contributed by atoms with Gasteiger partial charge in [-0.3, -0.25) is 4.18 Å². The van der Waals surface area contributed by atoms with Gasteiger partial charge in [0.25, 0.3) is 10.1 Å². The highest BCUT2D eigenvalue weighted by Crippen LogP contribution is 2.32. The number of hydrogen-bond donors (Lipinski definition) is 0. The van der Waals surface area contributed by atoms with Gasteiger partial charge >= 0.3 is 0 Å². The number of rotatable bonds is 3. The smallest absolute Gasteiger partial charge is 0.298 e. The molecule has 5 heteroatoms. The van der Waals surface area contributed by atoms with Crippen molar-refractivity contribution in [1.29, 1.82) is 0 Å². The van der Waals surface area contributed by atoms with Crippen molar-refractivity contribution in [2.75, 3.05) is 19.0 Å². The summed E-state index contributed by atoms with van der Waals surface area (Å²) in [6, 6.07) is 10.9. The van der Waals surface area contributed by atoms with E-state index in [1.807, 2.05) is 37.2 Å². The van der Waals surface area contributed by atoms with Gasteiger partial charge in [-0.1, -0.05) is 24.3 Å². The zero-order valence-corrected chi connectivity index (χ0v) is 13.9. The summed E-state index contributed by atoms with van der Waals surface area (Å²) in [5.41, 5.74) is 0.209. The van der Waals surface area contributed by atoms with Crippen LogP contribution < -0.4 is 4.90 Å². The van der Waals surface area contributed by atoms with Gasteiger partial charge in [0.1, 0.15) is 4.90 Å². The van der Waals surface area contributed by atoms with Crippen molar-refractivity contribution in [1.82, 2.24) is 0 Å². The van der Waals surface area contributed by atoms with Crippen LogP contribution in [0.4, 0.5) is 5.69 Å². The third-order valence-electron chi connectivity index (χ3n) is 2.97. The molecule has 2 aromatic rings. The number of anilines is 1. The van der Waals surface area contributed by atoms with Crippen LogP contribution in [0.1, 0.15) is 20.8 Å². The van der Waals surface area contributed by atoms with Gasteiger partial charge in [0.15, 0.2) is 0 Å². The molecule has 0 N–H and O–H groups in total. The number of benzene rings is 2. The van der Waals surface area contributed by atoms with Crippen LogP contribution in [-0.4, -0.2) is 28.1 Å². The summed E-state index contributed by atoms with van der Waals surface area (Å²) in [6.07, 6.45) is 0. The van der Waals surface area contributed by atoms with Crippen molar-refractivity contribution in [2.45, 2.75) is 31.3 Å². The largest absolute Gasteiger partial charge is 0.377 e. The molecule has 0 aromatic heterocycles. The van der Waals surface area contributed by atoms with Gasteiger partial charge in [0.2, 0.25) is 0 Å². The molecule has 0 radical (unpaired) electrons. The molecule has 0 spiro atoms. The summed E-state index contributed by atoms with van der Waals surface area (Å²) in [4.78, 5) is 2.17. The highest BCUT2D eigenvalue weighted by molar-refractivity contribution is 7.87. The predicted octanol–water partition coefficient (Wildman–Crippen LogP) is 3.41. The molecule has 0 unspecified atom stereocenters. The Morgan fingerprint density at radius 3 is 2.10 bits per heavy atom. The number of nitrogens with zero attached hydrogens (tertiary/aromatic N) is 1.